The minimum atomic E-state index is 0.243. The molecule has 0 aromatic heterocycles. The zero-order valence-corrected chi connectivity index (χ0v) is 14.6. The smallest absolute Gasteiger partial charge is 0.223 e. The van der Waals surface area contributed by atoms with Crippen molar-refractivity contribution in [3.05, 3.63) is 17.7 Å². The van der Waals surface area contributed by atoms with Crippen molar-refractivity contribution in [3.63, 3.8) is 0 Å². The van der Waals surface area contributed by atoms with Crippen LogP contribution < -0.4 is 19.5 Å². The average molecular weight is 334 g/mol. The first-order valence-corrected chi connectivity index (χ1v) is 8.47. The molecule has 0 radical (unpaired) electrons. The zero-order chi connectivity index (χ0) is 17.1. The van der Waals surface area contributed by atoms with E-state index in [9.17, 15) is 4.79 Å². The van der Waals surface area contributed by atoms with Gasteiger partial charge in [-0.1, -0.05) is 0 Å². The van der Waals surface area contributed by atoms with E-state index in [2.05, 4.69) is 5.32 Å². The van der Waals surface area contributed by atoms with Crippen LogP contribution in [0.25, 0.3) is 0 Å². The molecule has 1 N–H and O–H groups in total. The van der Waals surface area contributed by atoms with Gasteiger partial charge < -0.3 is 24.4 Å². The van der Waals surface area contributed by atoms with Gasteiger partial charge in [-0.3, -0.25) is 4.79 Å². The van der Waals surface area contributed by atoms with Crippen LogP contribution in [-0.4, -0.2) is 51.3 Å². The summed E-state index contributed by atoms with van der Waals surface area (Å²) in [6, 6.07) is 4.19. The fourth-order valence-electron chi connectivity index (χ4n) is 3.88. The molecule has 2 saturated heterocycles. The highest BCUT2D eigenvalue weighted by atomic mass is 16.5. The van der Waals surface area contributed by atoms with Crippen molar-refractivity contribution in [1.29, 1.82) is 0 Å². The van der Waals surface area contributed by atoms with Crippen LogP contribution >= 0.6 is 0 Å². The second-order valence-electron chi connectivity index (χ2n) is 6.41. The van der Waals surface area contributed by atoms with Crippen molar-refractivity contribution in [1.82, 2.24) is 10.2 Å². The molecule has 24 heavy (non-hydrogen) atoms. The molecule has 0 unspecified atom stereocenters. The third-order valence-corrected chi connectivity index (χ3v) is 5.09. The summed E-state index contributed by atoms with van der Waals surface area (Å²) in [6.45, 7) is 2.56. The second kappa shape index (κ2) is 7.30. The number of likely N-dealkylation sites (tertiary alicyclic amines) is 1. The van der Waals surface area contributed by atoms with Gasteiger partial charge in [0.15, 0.2) is 11.5 Å². The molecule has 2 atom stereocenters. The van der Waals surface area contributed by atoms with Crippen LogP contribution in [0.3, 0.4) is 0 Å². The maximum absolute atomic E-state index is 12.5. The van der Waals surface area contributed by atoms with Gasteiger partial charge in [0.25, 0.3) is 0 Å². The lowest BCUT2D eigenvalue weighted by Gasteiger charge is -2.44. The summed E-state index contributed by atoms with van der Waals surface area (Å²) in [5.41, 5.74) is 0.997. The van der Waals surface area contributed by atoms with Gasteiger partial charge in [0.05, 0.1) is 21.3 Å². The molecule has 0 bridgehead atoms. The summed E-state index contributed by atoms with van der Waals surface area (Å²) in [5, 5.41) is 3.44. The first-order chi connectivity index (χ1) is 11.7. The van der Waals surface area contributed by atoms with Gasteiger partial charge in [-0.2, -0.15) is 0 Å². The Kier molecular flexibility index (Phi) is 5.14. The maximum atomic E-state index is 12.5. The number of fused-ring (bicyclic) bond motifs is 1. The van der Waals surface area contributed by atoms with Crippen molar-refractivity contribution in [2.45, 2.75) is 31.8 Å². The van der Waals surface area contributed by atoms with E-state index < -0.39 is 0 Å². The van der Waals surface area contributed by atoms with Gasteiger partial charge in [0, 0.05) is 19.0 Å². The van der Waals surface area contributed by atoms with Crippen LogP contribution in [0.15, 0.2) is 12.1 Å². The predicted molar refractivity (Wildman–Crippen MR) is 90.6 cm³/mol. The highest BCUT2D eigenvalue weighted by molar-refractivity contribution is 5.77. The molecule has 6 nitrogen and oxygen atoms in total. The molecule has 132 valence electrons. The highest BCUT2D eigenvalue weighted by Crippen LogP contribution is 2.39. The minimum absolute atomic E-state index is 0.243. The number of methoxy groups -OCH3 is 3. The quantitative estimate of drug-likeness (QED) is 0.890. The molecule has 2 heterocycles. The third kappa shape index (κ3) is 3.15. The number of hydrogen-bond acceptors (Lipinski definition) is 5. The molecule has 2 fully saturated rings. The molecule has 0 aliphatic carbocycles. The average Bonchev–Trinajstić information content (AvgIpc) is 2.63. The predicted octanol–water partition coefficient (Wildman–Crippen LogP) is 1.81. The number of carbonyl (C=O) groups excluding carboxylic acids is 1. The van der Waals surface area contributed by atoms with Crippen LogP contribution in [0.4, 0.5) is 0 Å². The number of piperidine rings is 2. The summed E-state index contributed by atoms with van der Waals surface area (Å²) < 4.78 is 16.2. The van der Waals surface area contributed by atoms with Crippen molar-refractivity contribution < 1.29 is 19.0 Å². The summed E-state index contributed by atoms with van der Waals surface area (Å²) in [5.74, 6) is 2.62. The van der Waals surface area contributed by atoms with E-state index in [1.807, 2.05) is 17.0 Å². The first kappa shape index (κ1) is 16.9. The molecule has 2 aliphatic heterocycles. The molecule has 0 spiro atoms. The van der Waals surface area contributed by atoms with E-state index in [1.54, 1.807) is 21.3 Å². The van der Waals surface area contributed by atoms with E-state index in [0.29, 0.717) is 42.2 Å². The molecule has 1 amide bonds. The molecular formula is C18H26N2O4. The van der Waals surface area contributed by atoms with Crippen LogP contribution in [0.5, 0.6) is 17.2 Å². The Hall–Kier alpha value is -1.95. The number of ether oxygens (including phenoxy) is 3. The Balaban J connectivity index is 1.87. The number of hydrogen-bond donors (Lipinski definition) is 1. The molecule has 0 saturated carbocycles. The van der Waals surface area contributed by atoms with E-state index in [-0.39, 0.29) is 5.91 Å². The number of nitrogens with one attached hydrogen (secondary N) is 1. The third-order valence-electron chi connectivity index (χ3n) is 5.09. The molecule has 1 aromatic carbocycles. The number of rotatable bonds is 5. The van der Waals surface area contributed by atoms with Gasteiger partial charge in [-0.15, -0.1) is 0 Å². The Morgan fingerprint density at radius 3 is 2.46 bits per heavy atom. The molecular weight excluding hydrogens is 308 g/mol. The Bertz CT molecular complexity index is 580. The molecule has 6 heteroatoms. The maximum Gasteiger partial charge on any atom is 0.223 e. The summed E-state index contributed by atoms with van der Waals surface area (Å²) in [7, 11) is 4.81. The van der Waals surface area contributed by atoms with Crippen molar-refractivity contribution >= 4 is 5.91 Å². The normalized spacial score (nSPS) is 23.6. The van der Waals surface area contributed by atoms with Crippen LogP contribution in [0.2, 0.25) is 0 Å². The van der Waals surface area contributed by atoms with Crippen molar-refractivity contribution in [2.75, 3.05) is 34.4 Å². The van der Waals surface area contributed by atoms with E-state index in [1.165, 1.54) is 0 Å². The van der Waals surface area contributed by atoms with Gasteiger partial charge in [-0.05, 0) is 49.5 Å². The lowest BCUT2D eigenvalue weighted by molar-refractivity contribution is -0.140. The number of amides is 1. The zero-order valence-electron chi connectivity index (χ0n) is 14.6. The number of benzene rings is 1. The Morgan fingerprint density at radius 2 is 1.83 bits per heavy atom. The highest BCUT2D eigenvalue weighted by Gasteiger charge is 2.37. The van der Waals surface area contributed by atoms with Crippen LogP contribution in [0.1, 0.15) is 24.8 Å². The fraction of sp³-hybridized carbons (Fsp3) is 0.611. The number of nitrogens with zero attached hydrogens (tertiary/aromatic N) is 1. The first-order valence-electron chi connectivity index (χ1n) is 8.47. The van der Waals surface area contributed by atoms with Crippen molar-refractivity contribution in [2.24, 2.45) is 5.92 Å². The summed E-state index contributed by atoms with van der Waals surface area (Å²) in [6.07, 6.45) is 2.64. The largest absolute Gasteiger partial charge is 0.493 e. The topological polar surface area (TPSA) is 60.0 Å². The fourth-order valence-corrected chi connectivity index (χ4v) is 3.88. The standard InChI is InChI=1S/C18H26N2O4/c1-22-15-8-12(9-16(23-2)18(15)24-3)11-20-14-6-7-19-10-13(14)4-5-17(20)21/h8-9,13-14,19H,4-7,10-11H2,1-3H3/t13-,14+/m0/s1. The van der Waals surface area contributed by atoms with Gasteiger partial charge >= 0.3 is 0 Å². The SMILES string of the molecule is COc1cc(CN2C(=O)CC[C@H]3CNCC[C@H]32)cc(OC)c1OC. The van der Waals surface area contributed by atoms with E-state index >= 15 is 0 Å². The van der Waals surface area contributed by atoms with Gasteiger partial charge in [-0.25, -0.2) is 0 Å². The van der Waals surface area contributed by atoms with Crippen LogP contribution in [0, 0.1) is 5.92 Å². The van der Waals surface area contributed by atoms with Gasteiger partial charge in [0.2, 0.25) is 11.7 Å². The minimum Gasteiger partial charge on any atom is -0.493 e. The molecule has 1 aromatic rings. The lowest BCUT2D eigenvalue weighted by atomic mass is 9.84. The van der Waals surface area contributed by atoms with E-state index in [0.717, 1.165) is 31.5 Å². The molecule has 3 rings (SSSR count). The monoisotopic (exact) mass is 334 g/mol. The Morgan fingerprint density at radius 1 is 1.12 bits per heavy atom. The summed E-state index contributed by atoms with van der Waals surface area (Å²) >= 11 is 0. The lowest BCUT2D eigenvalue weighted by Crippen LogP contribution is -2.54. The second-order valence-corrected chi connectivity index (χ2v) is 6.41. The number of carbonyl (C=O) groups is 1. The molecule has 2 aliphatic rings. The van der Waals surface area contributed by atoms with Crippen LogP contribution in [-0.2, 0) is 11.3 Å². The van der Waals surface area contributed by atoms with Gasteiger partial charge in [0.1, 0.15) is 0 Å². The van der Waals surface area contributed by atoms with E-state index in [4.69, 9.17) is 14.2 Å². The summed E-state index contributed by atoms with van der Waals surface area (Å²) in [4.78, 5) is 14.5. The van der Waals surface area contributed by atoms with Crippen molar-refractivity contribution in [3.8, 4) is 17.2 Å². The Labute approximate surface area is 143 Å².